The molecule has 0 atom stereocenters. The molecule has 1 aromatic heterocycles. The molecule has 1 aromatic carbocycles. The molecular formula is C12H7Cl3N2O2. The van der Waals surface area contributed by atoms with Crippen LogP contribution in [0, 0.1) is 0 Å². The summed E-state index contributed by atoms with van der Waals surface area (Å²) in [5.41, 5.74) is 0.859. The van der Waals surface area contributed by atoms with E-state index in [2.05, 4.69) is 10.3 Å². The minimum atomic E-state index is -1.09. The molecule has 0 saturated heterocycles. The molecule has 0 fully saturated rings. The average Bonchev–Trinajstić information content (AvgIpc) is 2.36. The maximum atomic E-state index is 11.1. The molecule has 0 aliphatic rings. The van der Waals surface area contributed by atoms with Gasteiger partial charge in [-0.25, -0.2) is 4.79 Å². The molecule has 0 amide bonds. The largest absolute Gasteiger partial charge is 0.478 e. The summed E-state index contributed by atoms with van der Waals surface area (Å²) in [6.07, 6.45) is 2.72. The molecule has 0 unspecified atom stereocenters. The lowest BCUT2D eigenvalue weighted by atomic mass is 10.2. The monoisotopic (exact) mass is 316 g/mol. The highest BCUT2D eigenvalue weighted by Crippen LogP contribution is 2.34. The first-order valence-electron chi connectivity index (χ1n) is 5.08. The lowest BCUT2D eigenvalue weighted by Gasteiger charge is -2.11. The number of hydrogen-bond donors (Lipinski definition) is 2. The number of anilines is 2. The van der Waals surface area contributed by atoms with Crippen LogP contribution in [0.2, 0.25) is 15.1 Å². The summed E-state index contributed by atoms with van der Waals surface area (Å²) in [5.74, 6) is -1.09. The van der Waals surface area contributed by atoms with E-state index in [9.17, 15) is 4.79 Å². The second-order valence-corrected chi connectivity index (χ2v) is 4.82. The molecule has 98 valence electrons. The molecule has 0 spiro atoms. The molecule has 2 rings (SSSR count). The van der Waals surface area contributed by atoms with Crippen molar-refractivity contribution in [3.05, 3.63) is 51.2 Å². The number of pyridine rings is 1. The quantitative estimate of drug-likeness (QED) is 0.819. The molecule has 0 saturated carbocycles. The number of benzene rings is 1. The highest BCUT2D eigenvalue weighted by Gasteiger charge is 2.12. The Morgan fingerprint density at radius 3 is 2.47 bits per heavy atom. The Kier molecular flexibility index (Phi) is 4.14. The van der Waals surface area contributed by atoms with Crippen LogP contribution in [0.5, 0.6) is 0 Å². The smallest absolute Gasteiger partial charge is 0.339 e. The van der Waals surface area contributed by atoms with Crippen molar-refractivity contribution in [3.63, 3.8) is 0 Å². The molecule has 4 nitrogen and oxygen atoms in total. The van der Waals surface area contributed by atoms with Crippen LogP contribution in [-0.4, -0.2) is 16.1 Å². The number of carboxylic acids is 1. The van der Waals surface area contributed by atoms with Gasteiger partial charge in [-0.15, -0.1) is 0 Å². The number of carboxylic acid groups (broad SMARTS) is 1. The first kappa shape index (κ1) is 13.9. The van der Waals surface area contributed by atoms with Crippen LogP contribution in [0.25, 0.3) is 0 Å². The van der Waals surface area contributed by atoms with Gasteiger partial charge in [0.15, 0.2) is 0 Å². The minimum absolute atomic E-state index is 0.0321. The lowest BCUT2D eigenvalue weighted by Crippen LogP contribution is -2.03. The zero-order valence-electron chi connectivity index (χ0n) is 9.32. The van der Waals surface area contributed by atoms with E-state index in [1.165, 1.54) is 30.6 Å². The van der Waals surface area contributed by atoms with Gasteiger partial charge < -0.3 is 10.4 Å². The number of halogens is 3. The fourth-order valence-corrected chi connectivity index (χ4v) is 2.03. The second-order valence-electron chi connectivity index (χ2n) is 3.60. The molecule has 7 heteroatoms. The van der Waals surface area contributed by atoms with Gasteiger partial charge in [0.2, 0.25) is 0 Å². The van der Waals surface area contributed by atoms with Gasteiger partial charge in [0.1, 0.15) is 5.56 Å². The van der Waals surface area contributed by atoms with Crippen molar-refractivity contribution in [2.75, 3.05) is 5.32 Å². The summed E-state index contributed by atoms with van der Waals surface area (Å²) >= 11 is 17.7. The second kappa shape index (κ2) is 5.65. The predicted molar refractivity (Wildman–Crippen MR) is 76.0 cm³/mol. The highest BCUT2D eigenvalue weighted by atomic mass is 35.5. The van der Waals surface area contributed by atoms with Crippen LogP contribution in [0.4, 0.5) is 11.4 Å². The molecule has 2 aromatic rings. The van der Waals surface area contributed by atoms with Crippen LogP contribution in [0.1, 0.15) is 10.4 Å². The summed E-state index contributed by atoms with van der Waals surface area (Å²) in [5, 5.41) is 12.9. The van der Waals surface area contributed by atoms with Crippen molar-refractivity contribution in [2.45, 2.75) is 0 Å². The van der Waals surface area contributed by atoms with Gasteiger partial charge in [-0.05, 0) is 18.2 Å². The fourth-order valence-electron chi connectivity index (χ4n) is 1.44. The number of rotatable bonds is 3. The third-order valence-corrected chi connectivity index (χ3v) is 3.37. The van der Waals surface area contributed by atoms with Crippen molar-refractivity contribution in [2.24, 2.45) is 0 Å². The average molecular weight is 318 g/mol. The fraction of sp³-hybridized carbons (Fsp3) is 0. The first-order chi connectivity index (χ1) is 8.99. The van der Waals surface area contributed by atoms with E-state index in [1.54, 1.807) is 0 Å². The maximum absolute atomic E-state index is 11.1. The van der Waals surface area contributed by atoms with Gasteiger partial charge in [-0.2, -0.15) is 0 Å². The first-order valence-corrected chi connectivity index (χ1v) is 6.21. The highest BCUT2D eigenvalue weighted by molar-refractivity contribution is 6.44. The topological polar surface area (TPSA) is 62.2 Å². The van der Waals surface area contributed by atoms with Gasteiger partial charge >= 0.3 is 5.97 Å². The number of nitrogens with one attached hydrogen (secondary N) is 1. The van der Waals surface area contributed by atoms with E-state index in [-0.39, 0.29) is 5.56 Å². The van der Waals surface area contributed by atoms with Crippen LogP contribution in [0.15, 0.2) is 30.6 Å². The van der Waals surface area contributed by atoms with Crippen LogP contribution >= 0.6 is 34.8 Å². The van der Waals surface area contributed by atoms with E-state index in [1.807, 2.05) is 0 Å². The van der Waals surface area contributed by atoms with Crippen molar-refractivity contribution < 1.29 is 9.90 Å². The van der Waals surface area contributed by atoms with Gasteiger partial charge in [-0.1, -0.05) is 34.8 Å². The summed E-state index contributed by atoms with van der Waals surface area (Å²) < 4.78 is 0. The summed E-state index contributed by atoms with van der Waals surface area (Å²) in [4.78, 5) is 14.8. The zero-order chi connectivity index (χ0) is 14.0. The van der Waals surface area contributed by atoms with E-state index in [0.717, 1.165) is 0 Å². The van der Waals surface area contributed by atoms with Crippen molar-refractivity contribution >= 4 is 52.1 Å². The summed E-state index contributed by atoms with van der Waals surface area (Å²) in [6, 6.07) is 4.54. The molecule has 0 aliphatic heterocycles. The molecule has 0 radical (unpaired) electrons. The standard InChI is InChI=1S/C12H7Cl3N2O2/c13-7-3-9(15)11(4-8(7)14)17-10-1-2-16-5-6(10)12(18)19/h1-5H,(H,16,17)(H,18,19). The lowest BCUT2D eigenvalue weighted by molar-refractivity contribution is 0.0697. The van der Waals surface area contributed by atoms with Gasteiger partial charge in [-0.3, -0.25) is 4.98 Å². The SMILES string of the molecule is O=C(O)c1cnccc1Nc1cc(Cl)c(Cl)cc1Cl. The number of aromatic carboxylic acids is 1. The maximum Gasteiger partial charge on any atom is 0.339 e. The van der Waals surface area contributed by atoms with Gasteiger partial charge in [0.05, 0.1) is 26.4 Å². The Hall–Kier alpha value is -1.49. The van der Waals surface area contributed by atoms with E-state index >= 15 is 0 Å². The third kappa shape index (κ3) is 3.10. The van der Waals surface area contributed by atoms with Crippen LogP contribution in [-0.2, 0) is 0 Å². The molecular weight excluding hydrogens is 311 g/mol. The van der Waals surface area contributed by atoms with E-state index in [4.69, 9.17) is 39.9 Å². The predicted octanol–water partition coefficient (Wildman–Crippen LogP) is 4.48. The normalized spacial score (nSPS) is 10.3. The van der Waals surface area contributed by atoms with Gasteiger partial charge in [0, 0.05) is 12.4 Å². The molecule has 0 aliphatic carbocycles. The Morgan fingerprint density at radius 1 is 1.11 bits per heavy atom. The Morgan fingerprint density at radius 2 is 1.79 bits per heavy atom. The Balaban J connectivity index is 2.42. The van der Waals surface area contributed by atoms with E-state index < -0.39 is 5.97 Å². The van der Waals surface area contributed by atoms with Crippen LogP contribution < -0.4 is 5.32 Å². The number of hydrogen-bond acceptors (Lipinski definition) is 3. The zero-order valence-corrected chi connectivity index (χ0v) is 11.6. The molecule has 0 bridgehead atoms. The van der Waals surface area contributed by atoms with Crippen molar-refractivity contribution in [1.82, 2.24) is 4.98 Å². The molecule has 1 heterocycles. The Labute approximate surface area is 123 Å². The van der Waals surface area contributed by atoms with Crippen molar-refractivity contribution in [1.29, 1.82) is 0 Å². The Bertz CT molecular complexity index is 647. The van der Waals surface area contributed by atoms with Gasteiger partial charge in [0.25, 0.3) is 0 Å². The third-order valence-electron chi connectivity index (χ3n) is 2.33. The van der Waals surface area contributed by atoms with Crippen LogP contribution in [0.3, 0.4) is 0 Å². The molecule has 2 N–H and O–H groups in total. The summed E-state index contributed by atoms with van der Waals surface area (Å²) in [7, 11) is 0. The number of nitrogens with zero attached hydrogens (tertiary/aromatic N) is 1. The minimum Gasteiger partial charge on any atom is -0.478 e. The number of carbonyl (C=O) groups is 1. The molecule has 19 heavy (non-hydrogen) atoms. The summed E-state index contributed by atoms with van der Waals surface area (Å²) in [6.45, 7) is 0. The number of aromatic nitrogens is 1. The van der Waals surface area contributed by atoms with E-state index in [0.29, 0.717) is 26.4 Å². The van der Waals surface area contributed by atoms with Crippen molar-refractivity contribution in [3.8, 4) is 0 Å².